The van der Waals surface area contributed by atoms with Crippen LogP contribution in [-0.4, -0.2) is 14.6 Å². The second-order valence-corrected chi connectivity index (χ2v) is 5.22. The summed E-state index contributed by atoms with van der Waals surface area (Å²) in [6.45, 7) is 0. The molecule has 1 aromatic carbocycles. The molecule has 1 unspecified atom stereocenters. The third kappa shape index (κ3) is 1.82. The number of hydrogen-bond acceptors (Lipinski definition) is 1. The van der Waals surface area contributed by atoms with Crippen molar-refractivity contribution in [3.8, 4) is 0 Å². The van der Waals surface area contributed by atoms with Gasteiger partial charge in [-0.15, -0.1) is 11.6 Å². The van der Waals surface area contributed by atoms with Crippen LogP contribution in [0, 0.1) is 0 Å². The van der Waals surface area contributed by atoms with Gasteiger partial charge in [-0.1, -0.05) is 34.1 Å². The zero-order chi connectivity index (χ0) is 11.0. The number of aromatic nitrogens is 1. The summed E-state index contributed by atoms with van der Waals surface area (Å²) in [5, 5.41) is 0.940. The number of carbonyl (C=O) groups excluding carboxylic acids is 1. The Morgan fingerprint density at radius 3 is 2.80 bits per heavy atom. The summed E-state index contributed by atoms with van der Waals surface area (Å²) in [7, 11) is 1.91. The van der Waals surface area contributed by atoms with Crippen molar-refractivity contribution < 1.29 is 4.79 Å². The van der Waals surface area contributed by atoms with Crippen molar-refractivity contribution in [1.82, 2.24) is 4.57 Å². The minimum absolute atomic E-state index is 0.103. The molecule has 2 aromatic rings. The SMILES string of the molecule is Cn1cc(C(=O)C(Cl)Br)c2ccccc21. The third-order valence-electron chi connectivity index (χ3n) is 2.36. The van der Waals surface area contributed by atoms with Crippen molar-refractivity contribution >= 4 is 44.2 Å². The summed E-state index contributed by atoms with van der Waals surface area (Å²) in [6, 6.07) is 7.76. The van der Waals surface area contributed by atoms with Crippen LogP contribution in [0.3, 0.4) is 0 Å². The first-order chi connectivity index (χ1) is 7.11. The first-order valence-corrected chi connectivity index (χ1v) is 5.83. The monoisotopic (exact) mass is 285 g/mol. The number of carbonyl (C=O) groups is 1. The highest BCUT2D eigenvalue weighted by molar-refractivity contribution is 9.10. The number of rotatable bonds is 2. The Kier molecular flexibility index (Phi) is 2.85. The maximum absolute atomic E-state index is 11.8. The van der Waals surface area contributed by atoms with Gasteiger partial charge in [0.05, 0.1) is 0 Å². The van der Waals surface area contributed by atoms with Crippen LogP contribution in [0.1, 0.15) is 10.4 Å². The highest BCUT2D eigenvalue weighted by Gasteiger charge is 2.18. The number of Topliss-reactive ketones (excluding diaryl/α,β-unsaturated/α-hetero) is 1. The molecular weight excluding hydrogens is 277 g/mol. The van der Waals surface area contributed by atoms with Crippen LogP contribution in [0.5, 0.6) is 0 Å². The van der Waals surface area contributed by atoms with E-state index in [4.69, 9.17) is 11.6 Å². The van der Waals surface area contributed by atoms with Crippen LogP contribution in [0.25, 0.3) is 10.9 Å². The molecule has 0 fully saturated rings. The van der Waals surface area contributed by atoms with Gasteiger partial charge >= 0.3 is 0 Å². The van der Waals surface area contributed by atoms with Crippen LogP contribution in [0.2, 0.25) is 0 Å². The quantitative estimate of drug-likeness (QED) is 0.613. The van der Waals surface area contributed by atoms with Gasteiger partial charge in [-0.05, 0) is 6.07 Å². The third-order valence-corrected chi connectivity index (χ3v) is 2.97. The standard InChI is InChI=1S/C11H9BrClNO/c1-14-6-8(10(15)11(12)13)7-4-2-3-5-9(7)14/h2-6,11H,1H3. The molecule has 2 rings (SSSR count). The number of aryl methyl sites for hydroxylation is 1. The second-order valence-electron chi connectivity index (χ2n) is 3.34. The predicted molar refractivity (Wildman–Crippen MR) is 65.8 cm³/mol. The maximum Gasteiger partial charge on any atom is 0.193 e. The van der Waals surface area contributed by atoms with E-state index >= 15 is 0 Å². The van der Waals surface area contributed by atoms with Crippen molar-refractivity contribution in [2.45, 2.75) is 4.29 Å². The van der Waals surface area contributed by atoms with Gasteiger partial charge in [0.2, 0.25) is 0 Å². The molecule has 4 heteroatoms. The number of ketones is 1. The smallest absolute Gasteiger partial charge is 0.193 e. The van der Waals surface area contributed by atoms with Crippen LogP contribution in [0.15, 0.2) is 30.5 Å². The molecule has 0 saturated carbocycles. The molecule has 0 aliphatic heterocycles. The van der Waals surface area contributed by atoms with Crippen LogP contribution >= 0.6 is 27.5 Å². The number of hydrogen-bond donors (Lipinski definition) is 0. The average Bonchev–Trinajstić information content (AvgIpc) is 2.56. The highest BCUT2D eigenvalue weighted by Crippen LogP contribution is 2.24. The van der Waals surface area contributed by atoms with Crippen LogP contribution < -0.4 is 0 Å². The first kappa shape index (κ1) is 10.7. The number of alkyl halides is 2. The van der Waals surface area contributed by atoms with Crippen molar-refractivity contribution in [3.63, 3.8) is 0 Å². The summed E-state index contributed by atoms with van der Waals surface area (Å²) in [4.78, 5) is 11.8. The minimum atomic E-state index is -0.664. The van der Waals surface area contributed by atoms with Crippen LogP contribution in [0.4, 0.5) is 0 Å². The van der Waals surface area contributed by atoms with Gasteiger partial charge in [0.1, 0.15) is 0 Å². The van der Waals surface area contributed by atoms with Gasteiger partial charge in [-0.3, -0.25) is 4.79 Å². The number of benzene rings is 1. The van der Waals surface area contributed by atoms with E-state index in [0.717, 1.165) is 10.9 Å². The molecule has 15 heavy (non-hydrogen) atoms. The lowest BCUT2D eigenvalue weighted by atomic mass is 10.1. The predicted octanol–water partition coefficient (Wildman–Crippen LogP) is 3.32. The van der Waals surface area contributed by atoms with E-state index < -0.39 is 4.29 Å². The lowest BCUT2D eigenvalue weighted by molar-refractivity contribution is 0.101. The number of para-hydroxylation sites is 1. The molecule has 0 radical (unpaired) electrons. The summed E-state index contributed by atoms with van der Waals surface area (Å²) >= 11 is 8.81. The normalized spacial score (nSPS) is 13.0. The Hall–Kier alpha value is -0.800. The lowest BCUT2D eigenvalue weighted by Gasteiger charge is -1.98. The van der Waals surface area contributed by atoms with Gasteiger partial charge in [0.15, 0.2) is 10.1 Å². The molecule has 1 heterocycles. The van der Waals surface area contributed by atoms with E-state index in [1.54, 1.807) is 0 Å². The second kappa shape index (κ2) is 3.99. The van der Waals surface area contributed by atoms with E-state index in [2.05, 4.69) is 15.9 Å². The number of halogens is 2. The summed E-state index contributed by atoms with van der Waals surface area (Å²) in [5.41, 5.74) is 1.69. The summed E-state index contributed by atoms with van der Waals surface area (Å²) in [6.07, 6.45) is 1.81. The van der Waals surface area contributed by atoms with Gasteiger partial charge in [-0.25, -0.2) is 0 Å². The van der Waals surface area contributed by atoms with E-state index in [0.29, 0.717) is 5.56 Å². The van der Waals surface area contributed by atoms with E-state index in [9.17, 15) is 4.79 Å². The van der Waals surface area contributed by atoms with Gasteiger partial charge in [0, 0.05) is 29.7 Å². The fraction of sp³-hybridized carbons (Fsp3) is 0.182. The van der Waals surface area contributed by atoms with Crippen LogP contribution in [-0.2, 0) is 7.05 Å². The molecule has 2 nitrogen and oxygen atoms in total. The largest absolute Gasteiger partial charge is 0.350 e. The molecule has 1 aromatic heterocycles. The molecule has 0 saturated heterocycles. The van der Waals surface area contributed by atoms with Crippen molar-refractivity contribution in [1.29, 1.82) is 0 Å². The topological polar surface area (TPSA) is 22.0 Å². The molecule has 0 amide bonds. The molecular formula is C11H9BrClNO. The zero-order valence-electron chi connectivity index (χ0n) is 8.08. The molecule has 0 N–H and O–H groups in total. The Labute approximate surface area is 101 Å². The summed E-state index contributed by atoms with van der Waals surface area (Å²) in [5.74, 6) is -0.103. The first-order valence-electron chi connectivity index (χ1n) is 4.47. The lowest BCUT2D eigenvalue weighted by Crippen LogP contribution is -2.06. The Morgan fingerprint density at radius 1 is 1.47 bits per heavy atom. The fourth-order valence-electron chi connectivity index (χ4n) is 1.66. The Morgan fingerprint density at radius 2 is 2.13 bits per heavy atom. The molecule has 0 spiro atoms. The maximum atomic E-state index is 11.8. The molecule has 0 aliphatic rings. The molecule has 1 atom stereocenters. The van der Waals surface area contributed by atoms with Gasteiger partial charge in [0.25, 0.3) is 0 Å². The van der Waals surface area contributed by atoms with Crippen molar-refractivity contribution in [3.05, 3.63) is 36.0 Å². The summed E-state index contributed by atoms with van der Waals surface area (Å²) < 4.78 is 1.26. The van der Waals surface area contributed by atoms with E-state index in [-0.39, 0.29) is 5.78 Å². The molecule has 0 bridgehead atoms. The number of nitrogens with zero attached hydrogens (tertiary/aromatic N) is 1. The molecule has 78 valence electrons. The van der Waals surface area contributed by atoms with E-state index in [1.807, 2.05) is 42.1 Å². The number of fused-ring (bicyclic) bond motifs is 1. The molecule has 0 aliphatic carbocycles. The van der Waals surface area contributed by atoms with Gasteiger partial charge in [-0.2, -0.15) is 0 Å². The highest BCUT2D eigenvalue weighted by atomic mass is 79.9. The van der Waals surface area contributed by atoms with Crippen molar-refractivity contribution in [2.24, 2.45) is 7.05 Å². The Balaban J connectivity index is 2.67. The van der Waals surface area contributed by atoms with E-state index in [1.165, 1.54) is 0 Å². The average molecular weight is 287 g/mol. The fourth-order valence-corrected chi connectivity index (χ4v) is 2.02. The minimum Gasteiger partial charge on any atom is -0.350 e. The van der Waals surface area contributed by atoms with Crippen molar-refractivity contribution in [2.75, 3.05) is 0 Å². The van der Waals surface area contributed by atoms with Gasteiger partial charge < -0.3 is 4.57 Å². The Bertz CT molecular complexity index is 518. The zero-order valence-corrected chi connectivity index (χ0v) is 10.4.